The molecule has 358 valence electrons. The number of anilines is 1. The number of carboxylic acid groups (broad SMARTS) is 1. The maximum absolute atomic E-state index is 12.9. The van der Waals surface area contributed by atoms with Crippen molar-refractivity contribution in [3.8, 4) is 11.5 Å². The molecule has 10 rings (SSSR count). The van der Waals surface area contributed by atoms with Crippen LogP contribution in [0.1, 0.15) is 98.9 Å². The van der Waals surface area contributed by atoms with Crippen LogP contribution < -0.4 is 15.2 Å². The zero-order valence-electron chi connectivity index (χ0n) is 38.6. The van der Waals surface area contributed by atoms with E-state index in [1.54, 1.807) is 0 Å². The zero-order chi connectivity index (χ0) is 48.5. The first-order chi connectivity index (χ1) is 32.5. The molecule has 12 heteroatoms. The highest BCUT2D eigenvalue weighted by molar-refractivity contribution is 5.99. The quantitative estimate of drug-likeness (QED) is 0.0874. The second-order valence-electron chi connectivity index (χ2n) is 18.2. The van der Waals surface area contributed by atoms with Crippen molar-refractivity contribution in [2.24, 2.45) is 0 Å². The number of aliphatic hydroxyl groups excluding tert-OH is 3. The third kappa shape index (κ3) is 12.9. The lowest BCUT2D eigenvalue weighted by atomic mass is 9.85. The van der Waals surface area contributed by atoms with Crippen molar-refractivity contribution in [1.82, 2.24) is 0 Å². The summed E-state index contributed by atoms with van der Waals surface area (Å²) in [5.41, 5.74) is 19.6. The number of aliphatic hydroxyl groups is 3. The first kappa shape index (κ1) is 49.7. The number of ketones is 1. The molecular weight excluding hydrogens is 872 g/mol. The molecule has 0 bridgehead atoms. The lowest BCUT2D eigenvalue weighted by Crippen LogP contribution is -2.20. The van der Waals surface area contributed by atoms with Crippen molar-refractivity contribution in [3.05, 3.63) is 170 Å². The smallest absolute Gasteiger partial charge is 0.416 e. The van der Waals surface area contributed by atoms with Crippen LogP contribution in [0.2, 0.25) is 0 Å². The third-order valence-corrected chi connectivity index (χ3v) is 13.1. The van der Waals surface area contributed by atoms with E-state index >= 15 is 0 Å². The first-order valence-electron chi connectivity index (χ1n) is 23.3. The van der Waals surface area contributed by atoms with E-state index in [4.69, 9.17) is 20.3 Å². The maximum Gasteiger partial charge on any atom is 0.416 e. The van der Waals surface area contributed by atoms with Gasteiger partial charge in [0.25, 0.3) is 0 Å². The minimum Gasteiger partial charge on any atom is -0.493 e. The number of benzene rings is 5. The fourth-order valence-corrected chi connectivity index (χ4v) is 9.55. The van der Waals surface area contributed by atoms with Gasteiger partial charge in [-0.15, -0.1) is 0 Å². The van der Waals surface area contributed by atoms with E-state index in [2.05, 4.69) is 31.2 Å². The number of allylic oxidation sites excluding steroid dienone is 1. The zero-order valence-corrected chi connectivity index (χ0v) is 38.6. The molecule has 68 heavy (non-hydrogen) atoms. The number of hydrogen-bond acceptors (Lipinski definition) is 8. The number of halogens is 3. The molecule has 0 spiro atoms. The minimum atomic E-state index is -4.44. The monoisotopic (exact) mass is 931 g/mol. The molecule has 0 amide bonds. The minimum absolute atomic E-state index is 0.110. The van der Waals surface area contributed by atoms with E-state index in [-0.39, 0.29) is 42.9 Å². The van der Waals surface area contributed by atoms with E-state index in [0.29, 0.717) is 37.0 Å². The van der Waals surface area contributed by atoms with Gasteiger partial charge < -0.3 is 35.6 Å². The first-order valence-corrected chi connectivity index (χ1v) is 23.3. The summed E-state index contributed by atoms with van der Waals surface area (Å²) < 4.78 is 49.7. The number of carbonyl (C=O) groups is 2. The summed E-state index contributed by atoms with van der Waals surface area (Å²) in [6.07, 6.45) is 6.42. The molecular formula is C56H60F3NO8. The van der Waals surface area contributed by atoms with E-state index < -0.39 is 17.7 Å². The highest BCUT2D eigenvalue weighted by Crippen LogP contribution is 2.39. The van der Waals surface area contributed by atoms with Crippen LogP contribution in [0.5, 0.6) is 11.5 Å². The lowest BCUT2D eigenvalue weighted by Gasteiger charge is -2.23. The summed E-state index contributed by atoms with van der Waals surface area (Å²) in [7, 11) is 0. The molecule has 9 nitrogen and oxygen atoms in total. The lowest BCUT2D eigenvalue weighted by molar-refractivity contribution is -0.137. The highest BCUT2D eigenvalue weighted by Gasteiger charge is 2.32. The Hall–Kier alpha value is -6.21. The maximum atomic E-state index is 12.9. The van der Waals surface area contributed by atoms with Gasteiger partial charge in [0, 0.05) is 48.6 Å². The molecule has 0 fully saturated rings. The topological polar surface area (TPSA) is 160 Å². The van der Waals surface area contributed by atoms with Gasteiger partial charge in [-0.2, -0.15) is 13.2 Å². The number of fused-ring (bicyclic) bond motifs is 5. The second kappa shape index (κ2) is 22.3. The Balaban J connectivity index is 0.000000147. The summed E-state index contributed by atoms with van der Waals surface area (Å²) in [4.78, 5) is 23.4. The molecule has 6 N–H and O–H groups in total. The predicted octanol–water partition coefficient (Wildman–Crippen LogP) is 9.74. The number of ether oxygens (including phenoxy) is 2. The van der Waals surface area contributed by atoms with Gasteiger partial charge in [0.1, 0.15) is 11.5 Å². The summed E-state index contributed by atoms with van der Waals surface area (Å²) in [6.45, 7) is 4.89. The summed E-state index contributed by atoms with van der Waals surface area (Å²) in [5.74, 6) is -0.0706. The Kier molecular flexibility index (Phi) is 16.3. The normalized spacial score (nSPS) is 20.0. The standard InChI is InChI=1S/C23H21F3O3.C12H12O3.C11H14O.C10H13NO/c24-23(25,26)17-5-7-20-16(8-9-29-22(20)12-17)11-19(28)10-15-3-1-2-14-4-6-18(27)13-21(14)15;1-8-2-3-10-9(7-12(13)14)4-5-15-11(10)6-8;1-8-3-2-4-9-5-6-10(12)7-11(8)9;11-10-3-1-2-7-4-5-8(12)6-9(7)10/h1-3,5,7,11-12,18,27H,4,6,8-10,13H2;2-3,6-7H,4-5H2,1H3,(H,13,14);2-4,10,12H,5-7H2,1H3;1-3,8,12H,4-6,11H2/b16-11+;9-7+;;/t18-;;10-;8-/m1.11/s1. The average Bonchev–Trinajstić information content (AvgIpc) is 3.30. The number of carboxylic acids is 1. The van der Waals surface area contributed by atoms with Crippen LogP contribution in [0.4, 0.5) is 18.9 Å². The molecule has 5 aliphatic rings. The van der Waals surface area contributed by atoms with E-state index in [9.17, 15) is 38.1 Å². The van der Waals surface area contributed by atoms with E-state index in [0.717, 1.165) is 108 Å². The van der Waals surface area contributed by atoms with E-state index in [1.165, 1.54) is 46.0 Å². The number of rotatable bonds is 4. The second-order valence-corrected chi connectivity index (χ2v) is 18.2. The molecule has 0 saturated heterocycles. The molecule has 0 radical (unpaired) electrons. The van der Waals surface area contributed by atoms with Crippen molar-refractivity contribution < 1.29 is 52.7 Å². The average molecular weight is 932 g/mol. The van der Waals surface area contributed by atoms with Crippen LogP contribution >= 0.6 is 0 Å². The SMILES string of the molecule is Cc1ccc2c(c1)OCC/C2=C\C(=O)O.Cc1cccc2c1C[C@H](O)CC2.Nc1cccc2c1C[C@H](O)CC2.O=C(/C=C1\CCOc2cc(C(F)(F)F)ccc21)Cc1cccc2c1C[C@H](O)CC2. The van der Waals surface area contributed by atoms with Gasteiger partial charge in [-0.1, -0.05) is 66.7 Å². The van der Waals surface area contributed by atoms with Crippen LogP contribution in [0.3, 0.4) is 0 Å². The molecule has 0 unspecified atom stereocenters. The number of aryl methyl sites for hydroxylation is 5. The van der Waals surface area contributed by atoms with Gasteiger partial charge >= 0.3 is 12.1 Å². The van der Waals surface area contributed by atoms with Gasteiger partial charge in [-0.25, -0.2) is 4.79 Å². The van der Waals surface area contributed by atoms with Crippen LogP contribution in [0, 0.1) is 13.8 Å². The van der Waals surface area contributed by atoms with Crippen LogP contribution in [-0.2, 0) is 60.7 Å². The fraction of sp³-hybridized carbons (Fsp3) is 0.357. The van der Waals surface area contributed by atoms with Crippen molar-refractivity contribution in [2.45, 2.75) is 115 Å². The largest absolute Gasteiger partial charge is 0.493 e. The molecule has 2 heterocycles. The summed E-state index contributed by atoms with van der Waals surface area (Å²) >= 11 is 0. The number of nitrogens with two attached hydrogens (primary N) is 1. The number of hydrogen-bond donors (Lipinski definition) is 5. The predicted molar refractivity (Wildman–Crippen MR) is 258 cm³/mol. The van der Waals surface area contributed by atoms with Gasteiger partial charge in [-0.3, -0.25) is 4.79 Å². The number of carbonyl (C=O) groups excluding carboxylic acids is 1. The Morgan fingerprint density at radius 1 is 0.647 bits per heavy atom. The van der Waals surface area contributed by atoms with Crippen molar-refractivity contribution in [3.63, 3.8) is 0 Å². The molecule has 2 aliphatic heterocycles. The molecule has 3 aliphatic carbocycles. The van der Waals surface area contributed by atoms with Crippen LogP contribution in [-0.4, -0.2) is 63.7 Å². The van der Waals surface area contributed by atoms with Gasteiger partial charge in [-0.05, 0) is 157 Å². The van der Waals surface area contributed by atoms with Crippen molar-refractivity contribution in [2.75, 3.05) is 18.9 Å². The molecule has 5 aromatic rings. The summed E-state index contributed by atoms with van der Waals surface area (Å²) in [6, 6.07) is 27.4. The molecule has 0 saturated carbocycles. The van der Waals surface area contributed by atoms with Gasteiger partial charge in [0.15, 0.2) is 5.78 Å². The molecule has 5 aromatic carbocycles. The van der Waals surface area contributed by atoms with Crippen molar-refractivity contribution >= 4 is 28.6 Å². The Bertz CT molecular complexity index is 2630. The Morgan fingerprint density at radius 3 is 1.78 bits per heavy atom. The number of nitrogen functional groups attached to an aromatic ring is 1. The third-order valence-electron chi connectivity index (χ3n) is 13.1. The Morgan fingerprint density at radius 2 is 1.16 bits per heavy atom. The summed E-state index contributed by atoms with van der Waals surface area (Å²) in [5, 5.41) is 37.6. The van der Waals surface area contributed by atoms with Gasteiger partial charge in [0.05, 0.1) is 37.1 Å². The fourth-order valence-electron chi connectivity index (χ4n) is 9.55. The highest BCUT2D eigenvalue weighted by atomic mass is 19.4. The molecule has 0 aromatic heterocycles. The van der Waals surface area contributed by atoms with Crippen molar-refractivity contribution in [1.29, 1.82) is 0 Å². The van der Waals surface area contributed by atoms with Crippen LogP contribution in [0.15, 0.2) is 103 Å². The van der Waals surface area contributed by atoms with Crippen LogP contribution in [0.25, 0.3) is 11.1 Å². The molecule has 3 atom stereocenters. The van der Waals surface area contributed by atoms with Gasteiger partial charge in [0.2, 0.25) is 0 Å². The number of alkyl halides is 3. The Labute approximate surface area is 395 Å². The van der Waals surface area contributed by atoms with E-state index in [1.807, 2.05) is 55.5 Å². The number of aliphatic carboxylic acids is 1.